The molecule has 30 heteroatoms. The topological polar surface area (TPSA) is 386 Å². The smallest absolute Gasteiger partial charge is 0.410 e. The van der Waals surface area contributed by atoms with E-state index in [1.165, 1.54) is 28.4 Å². The second-order valence-corrected chi connectivity index (χ2v) is 30.4. The normalized spacial score (nSPS) is 21.3. The zero-order valence-corrected chi connectivity index (χ0v) is 57.3. The van der Waals surface area contributed by atoms with Crippen molar-refractivity contribution >= 4 is 102 Å². The molecule has 0 spiro atoms. The van der Waals surface area contributed by atoms with Gasteiger partial charge in [0.1, 0.15) is 31.1 Å². The van der Waals surface area contributed by atoms with Crippen LogP contribution in [-0.4, -0.2) is 164 Å². The van der Waals surface area contributed by atoms with Gasteiger partial charge in [-0.1, -0.05) is 75.4 Å². The summed E-state index contributed by atoms with van der Waals surface area (Å²) in [6.07, 6.45) is 8.66. The first-order chi connectivity index (χ1) is 47.0. The number of hydrogen-bond donors (Lipinski definition) is 8. The standard InChI is InChI=1S/C69H81N13O15S2/c1-41(2)57(77-54(83)32-81-55(84)21-22-56(81)85)61(88)74-51(13-9-24-71-63(70)91)60(87)73-45-17-15-43(16-18-45)33-96-65(92)79(27-29-99(93,94)95)26-28-97-69-37-66(4)34-67(5,38-69)36-68(35-66,39-69)40-82-42(3)48(30-72-82)46-19-20-53(76-58(46)62(89)90)80-25-23-44-10-8-11-47(49(44)31-80)59(86)78-64-75-50-12-6-7-14-52(50)98-64/h6-8,10-12,14-22,30,41,51,57H,9,13,23-29,31-40H2,1-5H3,(H,73,87)(H,74,88)(H,77,83)(H,89,90)(H3,70,71,91)(H,75,78,86)(H,93,94,95)/t51-,57?,66?,67?,68?,69?/m0/s1. The number of primary amides is 1. The Balaban J connectivity index is 0.716. The van der Waals surface area contributed by atoms with Crippen LogP contribution in [0.1, 0.15) is 122 Å². The van der Waals surface area contributed by atoms with Crippen LogP contribution >= 0.6 is 11.3 Å². The Kier molecular flexibility index (Phi) is 20.5. The summed E-state index contributed by atoms with van der Waals surface area (Å²) in [4.78, 5) is 130. The molecule has 0 saturated heterocycles. The Bertz CT molecular complexity index is 4260. The number of ether oxygens (including phenoxy) is 2. The highest BCUT2D eigenvalue weighted by atomic mass is 32.2. The fraction of sp³-hybridized carbons (Fsp3) is 0.449. The number of imide groups is 1. The highest BCUT2D eigenvalue weighted by Crippen LogP contribution is 2.72. The largest absolute Gasteiger partial charge is 0.476 e. The number of anilines is 3. The van der Waals surface area contributed by atoms with Gasteiger partial charge in [0.25, 0.3) is 27.8 Å². The van der Waals surface area contributed by atoms with E-state index in [2.05, 4.69) is 45.4 Å². The minimum atomic E-state index is -4.52. The minimum Gasteiger partial charge on any atom is -0.476 e. The molecule has 4 fully saturated rings. The van der Waals surface area contributed by atoms with E-state index in [4.69, 9.17) is 25.3 Å². The van der Waals surface area contributed by atoms with Gasteiger partial charge in [-0.3, -0.25) is 48.2 Å². The van der Waals surface area contributed by atoms with E-state index in [-0.39, 0.29) is 72.7 Å². The molecule has 5 heterocycles. The van der Waals surface area contributed by atoms with Crippen molar-refractivity contribution in [1.29, 1.82) is 0 Å². The number of carboxylic acids is 1. The van der Waals surface area contributed by atoms with E-state index in [9.17, 15) is 61.2 Å². The van der Waals surface area contributed by atoms with E-state index >= 15 is 0 Å². The number of carbonyl (C=O) groups excluding carboxylic acids is 8. The molecule has 4 bridgehead atoms. The molecule has 3 unspecified atom stereocenters. The van der Waals surface area contributed by atoms with Gasteiger partial charge in [0.05, 0.1) is 34.4 Å². The van der Waals surface area contributed by atoms with Crippen LogP contribution in [0.2, 0.25) is 0 Å². The van der Waals surface area contributed by atoms with Gasteiger partial charge in [0, 0.05) is 79.5 Å². The highest BCUT2D eigenvalue weighted by molar-refractivity contribution is 7.85. The molecule has 524 valence electrons. The number of nitrogens with zero attached hydrogens (tertiary/aromatic N) is 7. The Hall–Kier alpha value is -9.65. The third-order valence-electron chi connectivity index (χ3n) is 19.3. The lowest BCUT2D eigenvalue weighted by Gasteiger charge is -2.69. The monoisotopic (exact) mass is 1400 g/mol. The molecule has 0 radical (unpaired) electrons. The van der Waals surface area contributed by atoms with Gasteiger partial charge >= 0.3 is 18.1 Å². The van der Waals surface area contributed by atoms with Crippen molar-refractivity contribution in [2.75, 3.05) is 60.6 Å². The second-order valence-electron chi connectivity index (χ2n) is 27.8. The number of carboxylic acid groups (broad SMARTS) is 1. The van der Waals surface area contributed by atoms with Crippen LogP contribution in [0.15, 0.2) is 97.2 Å². The van der Waals surface area contributed by atoms with Gasteiger partial charge in [-0.2, -0.15) is 13.5 Å². The molecule has 2 aliphatic heterocycles. The highest BCUT2D eigenvalue weighted by Gasteiger charge is 2.66. The quantitative estimate of drug-likeness (QED) is 0.0139. The summed E-state index contributed by atoms with van der Waals surface area (Å²) >= 11 is 1.40. The van der Waals surface area contributed by atoms with Crippen molar-refractivity contribution in [2.45, 2.75) is 130 Å². The number of nitrogens with one attached hydrogen (secondary N) is 5. The van der Waals surface area contributed by atoms with Crippen molar-refractivity contribution < 1.29 is 70.7 Å². The number of rotatable bonds is 28. The van der Waals surface area contributed by atoms with Crippen LogP contribution in [0.3, 0.4) is 0 Å². The summed E-state index contributed by atoms with van der Waals surface area (Å²) < 4.78 is 49.6. The first-order valence-corrected chi connectivity index (χ1v) is 35.3. The van der Waals surface area contributed by atoms with Crippen molar-refractivity contribution in [3.8, 4) is 11.1 Å². The van der Waals surface area contributed by atoms with Crippen LogP contribution in [-0.2, 0) is 69.7 Å². The third-order valence-corrected chi connectivity index (χ3v) is 20.9. The molecule has 9 N–H and O–H groups in total. The van der Waals surface area contributed by atoms with Gasteiger partial charge in [-0.25, -0.2) is 24.4 Å². The van der Waals surface area contributed by atoms with Crippen molar-refractivity contribution in [3.63, 3.8) is 0 Å². The number of thiazole rings is 1. The number of nitrogens with two attached hydrogens (primary N) is 1. The molecule has 4 atom stereocenters. The summed E-state index contributed by atoms with van der Waals surface area (Å²) in [6, 6.07) is 20.0. The lowest BCUT2D eigenvalue weighted by Crippen LogP contribution is -2.64. The molecule has 6 aliphatic rings. The zero-order valence-electron chi connectivity index (χ0n) is 55.6. The van der Waals surface area contributed by atoms with Crippen molar-refractivity contribution in [3.05, 3.63) is 131 Å². The van der Waals surface area contributed by atoms with Crippen molar-refractivity contribution in [1.82, 2.24) is 45.5 Å². The molecule has 6 aromatic rings. The molecule has 99 heavy (non-hydrogen) atoms. The Morgan fingerprint density at radius 3 is 2.24 bits per heavy atom. The first kappa shape index (κ1) is 70.7. The number of carbonyl (C=O) groups is 9. The minimum absolute atomic E-state index is 0.0193. The molecule has 12 rings (SSSR count). The average molecular weight is 1400 g/mol. The second kappa shape index (κ2) is 28.7. The van der Waals surface area contributed by atoms with Crippen LogP contribution in [0.25, 0.3) is 21.3 Å². The summed E-state index contributed by atoms with van der Waals surface area (Å²) in [7, 11) is -4.52. The number of urea groups is 1. The van der Waals surface area contributed by atoms with Crippen LogP contribution in [0.4, 0.5) is 26.2 Å². The van der Waals surface area contributed by atoms with Crippen molar-refractivity contribution in [2.24, 2.45) is 27.9 Å². The number of fused-ring (bicyclic) bond motifs is 2. The van der Waals surface area contributed by atoms with E-state index in [1.54, 1.807) is 44.3 Å². The summed E-state index contributed by atoms with van der Waals surface area (Å²) in [6.45, 7) is 9.94. The summed E-state index contributed by atoms with van der Waals surface area (Å²) in [5.41, 5.74) is 9.69. The van der Waals surface area contributed by atoms with Gasteiger partial charge in [-0.15, -0.1) is 0 Å². The fourth-order valence-corrected chi connectivity index (χ4v) is 17.3. The average Bonchev–Trinajstić information content (AvgIpc) is 0.786. The molecule has 3 aromatic heterocycles. The molecule has 4 saturated carbocycles. The lowest BCUT2D eigenvalue weighted by atomic mass is 9.39. The molecule has 28 nitrogen and oxygen atoms in total. The van der Waals surface area contributed by atoms with E-state index in [0.29, 0.717) is 70.6 Å². The SMILES string of the molecule is Cc1c(-c2ccc(N3CCc4cccc(C(=O)Nc5nc6ccccc6s5)c4C3)nc2C(=O)O)cnn1CC12CC3(C)CC(C)(C1)CC(OCCN(CCS(=O)(=O)O)C(=O)OCc1ccc(NC(=O)[C@H](CCCNC(N)=O)NC(=O)C(NC(=O)CN4C(=O)C=CC4=O)C(C)C)cc1)(C3)C2. The predicted octanol–water partition coefficient (Wildman–Crippen LogP) is 6.98. The maximum atomic E-state index is 13.9. The van der Waals surface area contributed by atoms with E-state index in [1.807, 2.05) is 59.0 Å². The van der Waals surface area contributed by atoms with Crippen LogP contribution < -0.4 is 37.2 Å². The number of aromatic nitrogens is 4. The number of benzene rings is 3. The molecule has 4 aliphatic carbocycles. The maximum absolute atomic E-state index is 13.9. The molecule has 9 amide bonds. The summed E-state index contributed by atoms with van der Waals surface area (Å²) in [5.74, 6) is -5.80. The maximum Gasteiger partial charge on any atom is 0.410 e. The number of para-hydroxylation sites is 1. The van der Waals surface area contributed by atoms with Gasteiger partial charge in [-0.05, 0) is 146 Å². The van der Waals surface area contributed by atoms with Crippen LogP contribution in [0.5, 0.6) is 0 Å². The van der Waals surface area contributed by atoms with Gasteiger partial charge in [0.2, 0.25) is 17.7 Å². The molecular formula is C69H81N13O15S2. The number of pyridine rings is 1. The summed E-state index contributed by atoms with van der Waals surface area (Å²) in [5, 5.41) is 29.5. The molecule has 3 aromatic carbocycles. The Morgan fingerprint density at radius 2 is 1.56 bits per heavy atom. The van der Waals surface area contributed by atoms with E-state index in [0.717, 1.165) is 71.3 Å². The zero-order chi connectivity index (χ0) is 70.8. The van der Waals surface area contributed by atoms with E-state index < -0.39 is 100 Å². The van der Waals surface area contributed by atoms with Gasteiger partial charge in [0.15, 0.2) is 10.8 Å². The Labute approximate surface area is 575 Å². The van der Waals surface area contributed by atoms with Crippen LogP contribution in [0, 0.1) is 29.1 Å². The first-order valence-electron chi connectivity index (χ1n) is 32.8. The fourth-order valence-electron chi connectivity index (χ4n) is 16.0. The Morgan fingerprint density at radius 1 is 0.828 bits per heavy atom. The number of hydrogen-bond acceptors (Lipinski definition) is 18. The van der Waals surface area contributed by atoms with Gasteiger partial charge < -0.3 is 51.4 Å². The number of amides is 9. The predicted molar refractivity (Wildman–Crippen MR) is 366 cm³/mol. The molecular weight excluding hydrogens is 1310 g/mol. The third kappa shape index (κ3) is 16.6. The number of aromatic carboxylic acids is 1. The lowest BCUT2D eigenvalue weighted by molar-refractivity contribution is -0.248.